The molecule has 0 atom stereocenters. The van der Waals surface area contributed by atoms with Crippen molar-refractivity contribution in [2.45, 2.75) is 39.5 Å². The Bertz CT molecular complexity index is 571. The Hall–Kier alpha value is -2.10. The Labute approximate surface area is 132 Å². The summed E-state index contributed by atoms with van der Waals surface area (Å²) < 4.78 is 11.8. The van der Waals surface area contributed by atoms with Crippen molar-refractivity contribution in [3.63, 3.8) is 0 Å². The zero-order chi connectivity index (χ0) is 15.9. The Morgan fingerprint density at radius 3 is 1.50 bits per heavy atom. The predicted octanol–water partition coefficient (Wildman–Crippen LogP) is 4.36. The summed E-state index contributed by atoms with van der Waals surface area (Å²) in [6, 6.07) is 7.49. The van der Waals surface area contributed by atoms with Gasteiger partial charge in [0.2, 0.25) is 0 Å². The summed E-state index contributed by atoms with van der Waals surface area (Å²) in [5, 5.41) is 1.70. The van der Waals surface area contributed by atoms with Gasteiger partial charge in [-0.1, -0.05) is 26.7 Å². The molecule has 0 spiro atoms. The Morgan fingerprint density at radius 1 is 0.727 bits per heavy atom. The number of anilines is 2. The number of fused-ring (bicyclic) bond motifs is 1. The van der Waals surface area contributed by atoms with Gasteiger partial charge in [-0.2, -0.15) is 0 Å². The molecule has 0 aliphatic carbocycles. The van der Waals surface area contributed by atoms with E-state index in [1.54, 1.807) is 0 Å². The van der Waals surface area contributed by atoms with Gasteiger partial charge in [-0.25, -0.2) is 0 Å². The normalized spacial score (nSPS) is 10.8. The van der Waals surface area contributed by atoms with Gasteiger partial charge < -0.3 is 20.9 Å². The minimum Gasteiger partial charge on any atom is -0.493 e. The van der Waals surface area contributed by atoms with Crippen molar-refractivity contribution in [2.75, 3.05) is 24.7 Å². The Balaban J connectivity index is 2.42. The molecule has 0 fully saturated rings. The van der Waals surface area contributed by atoms with Gasteiger partial charge in [0.05, 0.1) is 24.0 Å². The van der Waals surface area contributed by atoms with E-state index in [9.17, 15) is 0 Å². The van der Waals surface area contributed by atoms with Gasteiger partial charge in [0.25, 0.3) is 0 Å². The third-order valence-corrected chi connectivity index (χ3v) is 3.66. The number of benzene rings is 2. The molecule has 22 heavy (non-hydrogen) atoms. The van der Waals surface area contributed by atoms with Gasteiger partial charge in [-0.15, -0.1) is 0 Å². The van der Waals surface area contributed by atoms with E-state index < -0.39 is 0 Å². The molecule has 120 valence electrons. The van der Waals surface area contributed by atoms with Crippen LogP contribution in [0.15, 0.2) is 24.3 Å². The van der Waals surface area contributed by atoms with Crippen molar-refractivity contribution >= 4 is 22.1 Å². The highest BCUT2D eigenvalue weighted by molar-refractivity contribution is 6.07. The first-order valence-corrected chi connectivity index (χ1v) is 8.05. The summed E-state index contributed by atoms with van der Waals surface area (Å²) in [5.74, 6) is 1.55. The molecule has 2 aromatic rings. The zero-order valence-corrected chi connectivity index (χ0v) is 13.5. The fourth-order valence-electron chi connectivity index (χ4n) is 2.38. The van der Waals surface area contributed by atoms with Gasteiger partial charge >= 0.3 is 0 Å². The molecular weight excluding hydrogens is 276 g/mol. The van der Waals surface area contributed by atoms with Crippen molar-refractivity contribution in [3.8, 4) is 11.5 Å². The molecule has 0 saturated heterocycles. The second kappa shape index (κ2) is 7.78. The fraction of sp³-hybridized carbons (Fsp3) is 0.444. The van der Waals surface area contributed by atoms with E-state index in [0.717, 1.165) is 48.0 Å². The van der Waals surface area contributed by atoms with Crippen LogP contribution in [0.25, 0.3) is 10.8 Å². The number of ether oxygens (including phenoxy) is 2. The second-order valence-electron chi connectivity index (χ2n) is 5.46. The highest BCUT2D eigenvalue weighted by atomic mass is 16.5. The first-order chi connectivity index (χ1) is 10.7. The Kier molecular flexibility index (Phi) is 5.75. The first-order valence-electron chi connectivity index (χ1n) is 8.05. The van der Waals surface area contributed by atoms with Crippen LogP contribution < -0.4 is 20.9 Å². The summed E-state index contributed by atoms with van der Waals surface area (Å²) in [5.41, 5.74) is 13.7. The van der Waals surface area contributed by atoms with Crippen LogP contribution in [0, 0.1) is 0 Å². The zero-order valence-electron chi connectivity index (χ0n) is 13.5. The summed E-state index contributed by atoms with van der Waals surface area (Å²) in [6.07, 6.45) is 4.21. The molecule has 0 saturated carbocycles. The molecule has 2 aromatic carbocycles. The molecule has 0 amide bonds. The maximum absolute atomic E-state index is 6.16. The molecular formula is C18H26N2O2. The number of nitrogen functional groups attached to an aromatic ring is 2. The van der Waals surface area contributed by atoms with E-state index in [2.05, 4.69) is 13.8 Å². The van der Waals surface area contributed by atoms with Crippen LogP contribution in [0.2, 0.25) is 0 Å². The monoisotopic (exact) mass is 302 g/mol. The van der Waals surface area contributed by atoms with E-state index in [1.165, 1.54) is 0 Å². The number of nitrogens with two attached hydrogens (primary N) is 2. The van der Waals surface area contributed by atoms with Crippen molar-refractivity contribution in [1.82, 2.24) is 0 Å². The summed E-state index contributed by atoms with van der Waals surface area (Å²) >= 11 is 0. The summed E-state index contributed by atoms with van der Waals surface area (Å²) in [6.45, 7) is 5.63. The maximum atomic E-state index is 6.16. The second-order valence-corrected chi connectivity index (χ2v) is 5.46. The van der Waals surface area contributed by atoms with Crippen molar-refractivity contribution in [2.24, 2.45) is 0 Å². The lowest BCUT2D eigenvalue weighted by Crippen LogP contribution is -2.03. The minimum absolute atomic E-state index is 0.664. The maximum Gasteiger partial charge on any atom is 0.129 e. The van der Waals surface area contributed by atoms with Crippen molar-refractivity contribution in [3.05, 3.63) is 24.3 Å². The van der Waals surface area contributed by atoms with Crippen LogP contribution in [0.5, 0.6) is 11.5 Å². The van der Waals surface area contributed by atoms with E-state index in [-0.39, 0.29) is 0 Å². The molecule has 4 N–H and O–H groups in total. The first kappa shape index (κ1) is 16.3. The number of hydrogen-bond acceptors (Lipinski definition) is 4. The molecule has 0 aliphatic rings. The molecule has 0 bridgehead atoms. The van der Waals surface area contributed by atoms with Gasteiger partial charge in [-0.05, 0) is 37.1 Å². The molecule has 2 rings (SSSR count). The molecule has 0 unspecified atom stereocenters. The average Bonchev–Trinajstić information content (AvgIpc) is 2.52. The molecule has 0 radical (unpaired) electrons. The van der Waals surface area contributed by atoms with Crippen LogP contribution in [-0.2, 0) is 0 Å². The highest BCUT2D eigenvalue weighted by Crippen LogP contribution is 2.40. The summed E-state index contributed by atoms with van der Waals surface area (Å²) in [4.78, 5) is 0. The highest BCUT2D eigenvalue weighted by Gasteiger charge is 2.13. The fourth-order valence-corrected chi connectivity index (χ4v) is 2.38. The predicted molar refractivity (Wildman–Crippen MR) is 93.6 cm³/mol. The molecule has 0 aliphatic heterocycles. The topological polar surface area (TPSA) is 70.5 Å². The number of hydrogen-bond donors (Lipinski definition) is 2. The molecule has 4 nitrogen and oxygen atoms in total. The van der Waals surface area contributed by atoms with Crippen molar-refractivity contribution in [1.29, 1.82) is 0 Å². The van der Waals surface area contributed by atoms with Crippen molar-refractivity contribution < 1.29 is 9.47 Å². The van der Waals surface area contributed by atoms with Gasteiger partial charge in [0.1, 0.15) is 11.5 Å². The number of rotatable bonds is 8. The van der Waals surface area contributed by atoms with E-state index in [4.69, 9.17) is 20.9 Å². The van der Waals surface area contributed by atoms with Gasteiger partial charge in [0, 0.05) is 11.4 Å². The lowest BCUT2D eigenvalue weighted by molar-refractivity contribution is 0.310. The lowest BCUT2D eigenvalue weighted by Gasteiger charge is -2.16. The number of unbranched alkanes of at least 4 members (excludes halogenated alkanes) is 2. The smallest absolute Gasteiger partial charge is 0.129 e. The Morgan fingerprint density at radius 2 is 1.14 bits per heavy atom. The quantitative estimate of drug-likeness (QED) is 0.561. The van der Waals surface area contributed by atoms with Crippen LogP contribution in [0.1, 0.15) is 39.5 Å². The van der Waals surface area contributed by atoms with E-state index in [1.807, 2.05) is 24.3 Å². The summed E-state index contributed by atoms with van der Waals surface area (Å²) in [7, 11) is 0. The molecule has 0 aromatic heterocycles. The molecule has 0 heterocycles. The third kappa shape index (κ3) is 3.56. The minimum atomic E-state index is 0.664. The van der Waals surface area contributed by atoms with Crippen LogP contribution in [-0.4, -0.2) is 13.2 Å². The third-order valence-electron chi connectivity index (χ3n) is 3.66. The van der Waals surface area contributed by atoms with Crippen LogP contribution in [0.4, 0.5) is 11.4 Å². The molecule has 4 heteroatoms. The van der Waals surface area contributed by atoms with Gasteiger partial charge in [-0.3, -0.25) is 0 Å². The van der Waals surface area contributed by atoms with E-state index >= 15 is 0 Å². The van der Waals surface area contributed by atoms with Crippen LogP contribution in [0.3, 0.4) is 0 Å². The van der Waals surface area contributed by atoms with E-state index in [0.29, 0.717) is 24.6 Å². The largest absolute Gasteiger partial charge is 0.493 e. The average molecular weight is 302 g/mol. The SMILES string of the molecule is CCCCOc1ccc(N)c2c(OCCCC)ccc(N)c12. The van der Waals surface area contributed by atoms with Crippen LogP contribution >= 0.6 is 0 Å². The standard InChI is InChI=1S/C18H26N2O2/c1-3-5-11-21-15-9-7-14(20)18-16(22-12-6-4-2)10-8-13(19)17(15)18/h7-10H,3-6,11-12,19-20H2,1-2H3. The van der Waals surface area contributed by atoms with Gasteiger partial charge in [0.15, 0.2) is 0 Å². The lowest BCUT2D eigenvalue weighted by atomic mass is 10.0.